The van der Waals surface area contributed by atoms with Crippen LogP contribution in [0.1, 0.15) is 44.7 Å². The van der Waals surface area contributed by atoms with E-state index in [1.807, 2.05) is 0 Å². The Hall–Kier alpha value is -1.19. The minimum absolute atomic E-state index is 0.572. The first kappa shape index (κ1) is 17.2. The molecule has 2 unspecified atom stereocenters. The lowest BCUT2D eigenvalue weighted by atomic mass is 9.90. The van der Waals surface area contributed by atoms with Crippen molar-refractivity contribution in [2.75, 3.05) is 26.2 Å². The summed E-state index contributed by atoms with van der Waals surface area (Å²) in [4.78, 5) is 1.50. The van der Waals surface area contributed by atoms with Gasteiger partial charge in [-0.25, -0.2) is 9.60 Å². The Labute approximate surface area is 157 Å². The lowest BCUT2D eigenvalue weighted by Gasteiger charge is -2.46. The van der Waals surface area contributed by atoms with Crippen molar-refractivity contribution in [1.29, 1.82) is 0 Å². The molecule has 0 spiro atoms. The molecular weight excluding hydrogens is 324 g/mol. The van der Waals surface area contributed by atoms with Crippen LogP contribution in [0.15, 0.2) is 34.8 Å². The van der Waals surface area contributed by atoms with Crippen molar-refractivity contribution in [1.82, 2.24) is 0 Å². The van der Waals surface area contributed by atoms with Gasteiger partial charge in [-0.2, -0.15) is 0 Å². The summed E-state index contributed by atoms with van der Waals surface area (Å²) in [5.41, 5.74) is 7.73. The number of hydrogen-bond donors (Lipinski definition) is 0. The highest BCUT2D eigenvalue weighted by Crippen LogP contribution is 2.54. The standard InChI is InChI=1S/C22H31N2S/c1-14-12-18-13-16(3)25-22(18)20(14)19-9-7-8-17-11-10-15(2)23(21(17)19)24(4,5)6/h7-9,13,15,18,22H,10-12H2,1-6H3/q+1/t15-,18?,22?/m0/s1. The van der Waals surface area contributed by atoms with Crippen LogP contribution < -0.4 is 5.01 Å². The number of fused-ring (bicyclic) bond motifs is 2. The van der Waals surface area contributed by atoms with Crippen LogP contribution in [-0.2, 0) is 6.42 Å². The van der Waals surface area contributed by atoms with E-state index >= 15 is 0 Å². The summed E-state index contributed by atoms with van der Waals surface area (Å²) in [6.45, 7) is 7.02. The van der Waals surface area contributed by atoms with E-state index in [9.17, 15) is 0 Å². The Bertz CT molecular complexity index is 769. The molecule has 3 heteroatoms. The molecule has 0 amide bonds. The number of thioether (sulfide) groups is 1. The van der Waals surface area contributed by atoms with E-state index in [0.717, 1.165) is 4.59 Å². The molecule has 2 aliphatic heterocycles. The quantitative estimate of drug-likeness (QED) is 0.666. The molecule has 0 saturated carbocycles. The molecule has 1 aliphatic carbocycles. The number of quaternary nitrogens is 1. The van der Waals surface area contributed by atoms with Crippen molar-refractivity contribution in [2.24, 2.45) is 5.92 Å². The Morgan fingerprint density at radius 3 is 2.64 bits per heavy atom. The molecule has 0 fully saturated rings. The fraction of sp³-hybridized carbons (Fsp3) is 0.545. The lowest BCUT2D eigenvalue weighted by Crippen LogP contribution is -2.58. The molecule has 134 valence electrons. The Morgan fingerprint density at radius 1 is 1.16 bits per heavy atom. The number of hydrogen-bond acceptors (Lipinski definition) is 2. The highest BCUT2D eigenvalue weighted by Gasteiger charge is 2.41. The van der Waals surface area contributed by atoms with E-state index in [1.54, 1.807) is 11.1 Å². The van der Waals surface area contributed by atoms with Crippen molar-refractivity contribution < 1.29 is 4.59 Å². The van der Waals surface area contributed by atoms with Gasteiger partial charge in [-0.3, -0.25) is 0 Å². The topological polar surface area (TPSA) is 3.24 Å². The van der Waals surface area contributed by atoms with Crippen molar-refractivity contribution >= 4 is 23.0 Å². The van der Waals surface area contributed by atoms with Gasteiger partial charge in [0.05, 0.1) is 32.9 Å². The third kappa shape index (κ3) is 2.76. The minimum Gasteiger partial charge on any atom is -0.228 e. The number of benzene rings is 1. The zero-order chi connectivity index (χ0) is 17.9. The molecule has 3 atom stereocenters. The van der Waals surface area contributed by atoms with E-state index in [2.05, 4.69) is 83.0 Å². The fourth-order valence-electron chi connectivity index (χ4n) is 5.12. The van der Waals surface area contributed by atoms with Gasteiger partial charge in [-0.1, -0.05) is 29.8 Å². The summed E-state index contributed by atoms with van der Waals surface area (Å²) < 4.78 is 0.857. The molecule has 0 radical (unpaired) electrons. The number of aryl methyl sites for hydroxylation is 1. The molecule has 25 heavy (non-hydrogen) atoms. The van der Waals surface area contributed by atoms with E-state index in [4.69, 9.17) is 0 Å². The number of rotatable bonds is 2. The lowest BCUT2D eigenvalue weighted by molar-refractivity contribution is -0.882. The minimum atomic E-state index is 0.572. The summed E-state index contributed by atoms with van der Waals surface area (Å²) in [6.07, 6.45) is 6.17. The Morgan fingerprint density at radius 2 is 1.92 bits per heavy atom. The third-order valence-electron chi connectivity index (χ3n) is 5.97. The van der Waals surface area contributed by atoms with Gasteiger partial charge >= 0.3 is 0 Å². The molecule has 0 bridgehead atoms. The molecule has 2 nitrogen and oxygen atoms in total. The molecular formula is C22H31N2S+. The molecule has 0 saturated heterocycles. The maximum Gasteiger partial charge on any atom is 0.0991 e. The second-order valence-electron chi connectivity index (χ2n) is 8.86. The van der Waals surface area contributed by atoms with Crippen LogP contribution in [0.5, 0.6) is 0 Å². The average molecular weight is 356 g/mol. The maximum absolute atomic E-state index is 2.64. The second-order valence-corrected chi connectivity index (χ2v) is 10.3. The van der Waals surface area contributed by atoms with Gasteiger partial charge in [-0.05, 0) is 62.0 Å². The van der Waals surface area contributed by atoms with Gasteiger partial charge in [-0.15, -0.1) is 11.8 Å². The Kier molecular flexibility index (Phi) is 4.08. The molecule has 2 heterocycles. The molecule has 1 aromatic carbocycles. The highest BCUT2D eigenvalue weighted by molar-refractivity contribution is 8.04. The van der Waals surface area contributed by atoms with Crippen LogP contribution in [0.3, 0.4) is 0 Å². The SMILES string of the molecule is CC1=CC2CC(C)=C(c3cccc4c3N([N+](C)(C)C)[C@@H](C)CC4)C2S1. The monoisotopic (exact) mass is 355 g/mol. The first-order chi connectivity index (χ1) is 11.8. The van der Waals surface area contributed by atoms with E-state index in [-0.39, 0.29) is 0 Å². The second kappa shape index (κ2) is 5.92. The van der Waals surface area contributed by atoms with Crippen molar-refractivity contribution in [3.8, 4) is 0 Å². The number of nitrogens with zero attached hydrogens (tertiary/aromatic N) is 2. The first-order valence-corrected chi connectivity index (χ1v) is 10.4. The van der Waals surface area contributed by atoms with Crippen molar-refractivity contribution in [3.05, 3.63) is 45.9 Å². The largest absolute Gasteiger partial charge is 0.228 e. The van der Waals surface area contributed by atoms with Crippen LogP contribution in [0.2, 0.25) is 0 Å². The zero-order valence-electron chi connectivity index (χ0n) is 16.5. The summed E-state index contributed by atoms with van der Waals surface area (Å²) in [7, 11) is 6.91. The fourth-order valence-corrected chi connectivity index (χ4v) is 6.57. The summed E-state index contributed by atoms with van der Waals surface area (Å²) >= 11 is 2.08. The van der Waals surface area contributed by atoms with E-state index in [0.29, 0.717) is 17.2 Å². The summed E-state index contributed by atoms with van der Waals surface area (Å²) in [5, 5.41) is 3.26. The predicted octanol–water partition coefficient (Wildman–Crippen LogP) is 5.26. The predicted molar refractivity (Wildman–Crippen MR) is 111 cm³/mol. The van der Waals surface area contributed by atoms with Crippen LogP contribution in [0.25, 0.3) is 5.57 Å². The smallest absolute Gasteiger partial charge is 0.0991 e. The third-order valence-corrected chi connectivity index (χ3v) is 7.32. The molecule has 0 aromatic heterocycles. The zero-order valence-corrected chi connectivity index (χ0v) is 17.3. The first-order valence-electron chi connectivity index (χ1n) is 9.55. The molecule has 4 rings (SSSR count). The van der Waals surface area contributed by atoms with Crippen LogP contribution in [0, 0.1) is 5.92 Å². The highest BCUT2D eigenvalue weighted by atomic mass is 32.2. The van der Waals surface area contributed by atoms with Crippen molar-refractivity contribution in [3.63, 3.8) is 0 Å². The van der Waals surface area contributed by atoms with Gasteiger partial charge in [0.15, 0.2) is 0 Å². The van der Waals surface area contributed by atoms with Crippen LogP contribution in [-0.4, -0.2) is 37.0 Å². The van der Waals surface area contributed by atoms with Crippen LogP contribution in [0.4, 0.5) is 5.69 Å². The van der Waals surface area contributed by atoms with Gasteiger partial charge in [0, 0.05) is 10.8 Å². The summed E-state index contributed by atoms with van der Waals surface area (Å²) in [6, 6.07) is 7.59. The molecule has 0 N–H and O–H groups in total. The van der Waals surface area contributed by atoms with Crippen molar-refractivity contribution in [2.45, 2.75) is 51.3 Å². The molecule has 3 aliphatic rings. The van der Waals surface area contributed by atoms with E-state index in [1.165, 1.54) is 41.0 Å². The van der Waals surface area contributed by atoms with Crippen LogP contribution >= 0.6 is 11.8 Å². The van der Waals surface area contributed by atoms with Gasteiger partial charge in [0.2, 0.25) is 0 Å². The normalized spacial score (nSPS) is 29.0. The van der Waals surface area contributed by atoms with Gasteiger partial charge in [0.1, 0.15) is 0 Å². The van der Waals surface area contributed by atoms with Gasteiger partial charge < -0.3 is 0 Å². The maximum atomic E-state index is 2.64. The average Bonchev–Trinajstić information content (AvgIpc) is 3.00. The summed E-state index contributed by atoms with van der Waals surface area (Å²) in [5.74, 6) is 0.703. The molecule has 1 aromatic rings. The Balaban J connectivity index is 1.87. The number of anilines is 1. The van der Waals surface area contributed by atoms with E-state index < -0.39 is 0 Å². The number of para-hydroxylation sites is 1. The van der Waals surface area contributed by atoms with Gasteiger partial charge in [0.25, 0.3) is 0 Å². The number of allylic oxidation sites excluding steroid dienone is 3.